The highest BCUT2D eigenvalue weighted by Crippen LogP contribution is 2.35. The van der Waals surface area contributed by atoms with E-state index in [0.717, 1.165) is 31.5 Å². The molecule has 4 rings (SSSR count). The van der Waals surface area contributed by atoms with Crippen LogP contribution >= 0.6 is 0 Å². The van der Waals surface area contributed by atoms with Gasteiger partial charge < -0.3 is 9.63 Å². The molecule has 2 aliphatic carbocycles. The maximum atomic E-state index is 9.93. The Labute approximate surface area is 117 Å². The van der Waals surface area contributed by atoms with Crippen molar-refractivity contribution in [3.8, 4) is 0 Å². The number of nitrogens with zero attached hydrogens (tertiary/aromatic N) is 2. The molecular formula is C16H18N2O2. The lowest BCUT2D eigenvalue weighted by molar-refractivity contribution is 0.140. The highest BCUT2D eigenvalue weighted by atomic mass is 16.5. The third kappa shape index (κ3) is 2.24. The molecule has 1 aromatic heterocycles. The molecule has 1 atom stereocenters. The van der Waals surface area contributed by atoms with E-state index in [4.69, 9.17) is 4.52 Å². The average molecular weight is 270 g/mol. The summed E-state index contributed by atoms with van der Waals surface area (Å²) in [5, 5.41) is 14.0. The molecule has 0 bridgehead atoms. The molecule has 4 heteroatoms. The number of hydrogen-bond donors (Lipinski definition) is 1. The number of fused-ring (bicyclic) bond motifs is 1. The van der Waals surface area contributed by atoms with E-state index >= 15 is 0 Å². The van der Waals surface area contributed by atoms with Crippen LogP contribution < -0.4 is 0 Å². The van der Waals surface area contributed by atoms with Crippen LogP contribution in [-0.4, -0.2) is 21.4 Å². The topological polar surface area (TPSA) is 59.2 Å². The van der Waals surface area contributed by atoms with Crippen LogP contribution in [0.15, 0.2) is 28.8 Å². The normalized spacial score (nSPS) is 20.1. The Kier molecular flexibility index (Phi) is 2.84. The Balaban J connectivity index is 1.46. The molecule has 4 nitrogen and oxygen atoms in total. The quantitative estimate of drug-likeness (QED) is 0.926. The van der Waals surface area contributed by atoms with Crippen molar-refractivity contribution >= 4 is 0 Å². The lowest BCUT2D eigenvalue weighted by Crippen LogP contribution is -2.13. The standard InChI is InChI=1S/C16H18N2O2/c19-14(10-5-6-10)9-15-17-16(18-20-15)13-7-11-3-1-2-4-12(11)8-13/h1-4,10,13-14,19H,5-9H2. The van der Waals surface area contributed by atoms with Crippen LogP contribution in [0.5, 0.6) is 0 Å². The van der Waals surface area contributed by atoms with Crippen LogP contribution in [0.4, 0.5) is 0 Å². The molecule has 0 spiro atoms. The molecule has 0 amide bonds. The molecule has 1 unspecified atom stereocenters. The second kappa shape index (κ2) is 4.70. The van der Waals surface area contributed by atoms with Crippen molar-refractivity contribution in [2.24, 2.45) is 5.92 Å². The summed E-state index contributed by atoms with van der Waals surface area (Å²) in [6, 6.07) is 8.50. The molecule has 104 valence electrons. The number of rotatable bonds is 4. The Morgan fingerprint density at radius 1 is 1.20 bits per heavy atom. The van der Waals surface area contributed by atoms with E-state index in [0.29, 0.717) is 24.1 Å². The Hall–Kier alpha value is -1.68. The van der Waals surface area contributed by atoms with Gasteiger partial charge in [-0.1, -0.05) is 29.4 Å². The maximum absolute atomic E-state index is 9.93. The summed E-state index contributed by atoms with van der Waals surface area (Å²) in [4.78, 5) is 4.49. The van der Waals surface area contributed by atoms with Crippen LogP contribution in [0.2, 0.25) is 0 Å². The third-order valence-electron chi connectivity index (χ3n) is 4.45. The van der Waals surface area contributed by atoms with Crippen LogP contribution in [-0.2, 0) is 19.3 Å². The Morgan fingerprint density at radius 3 is 2.55 bits per heavy atom. The summed E-state index contributed by atoms with van der Waals surface area (Å²) in [7, 11) is 0. The largest absolute Gasteiger partial charge is 0.392 e. The van der Waals surface area contributed by atoms with E-state index in [2.05, 4.69) is 34.4 Å². The van der Waals surface area contributed by atoms with Gasteiger partial charge in [-0.3, -0.25) is 0 Å². The van der Waals surface area contributed by atoms with Gasteiger partial charge in [-0.25, -0.2) is 0 Å². The van der Waals surface area contributed by atoms with Gasteiger partial charge in [0.25, 0.3) is 0 Å². The second-order valence-electron chi connectivity index (χ2n) is 6.03. The molecule has 20 heavy (non-hydrogen) atoms. The number of aromatic nitrogens is 2. The molecule has 1 N–H and O–H groups in total. The van der Waals surface area contributed by atoms with Crippen molar-refractivity contribution in [1.82, 2.24) is 10.1 Å². The van der Waals surface area contributed by atoms with E-state index in [9.17, 15) is 5.11 Å². The predicted octanol–water partition coefficient (Wildman–Crippen LogP) is 2.27. The SMILES string of the molecule is OC(Cc1nc(C2Cc3ccccc3C2)no1)C1CC1. The van der Waals surface area contributed by atoms with Gasteiger partial charge in [0.05, 0.1) is 12.5 Å². The minimum atomic E-state index is -0.316. The Bertz CT molecular complexity index is 593. The Morgan fingerprint density at radius 2 is 1.90 bits per heavy atom. The molecular weight excluding hydrogens is 252 g/mol. The molecule has 1 saturated carbocycles. The first-order valence-corrected chi connectivity index (χ1v) is 7.37. The number of aliphatic hydroxyl groups excluding tert-OH is 1. The summed E-state index contributed by atoms with van der Waals surface area (Å²) >= 11 is 0. The molecule has 1 heterocycles. The van der Waals surface area contributed by atoms with Crippen LogP contribution in [0.1, 0.15) is 41.6 Å². The molecule has 1 fully saturated rings. The summed E-state index contributed by atoms with van der Waals surface area (Å²) in [5.74, 6) is 2.14. The lowest BCUT2D eigenvalue weighted by atomic mass is 10.1. The van der Waals surface area contributed by atoms with Gasteiger partial charge in [0, 0.05) is 5.92 Å². The van der Waals surface area contributed by atoms with Gasteiger partial charge in [0.15, 0.2) is 5.82 Å². The number of benzene rings is 1. The smallest absolute Gasteiger partial charge is 0.229 e. The van der Waals surface area contributed by atoms with E-state index in [1.165, 1.54) is 11.1 Å². The zero-order valence-electron chi connectivity index (χ0n) is 11.3. The zero-order chi connectivity index (χ0) is 13.5. The van der Waals surface area contributed by atoms with Crippen molar-refractivity contribution in [3.63, 3.8) is 0 Å². The van der Waals surface area contributed by atoms with Gasteiger partial charge in [0.2, 0.25) is 5.89 Å². The van der Waals surface area contributed by atoms with Gasteiger partial charge in [-0.05, 0) is 42.7 Å². The van der Waals surface area contributed by atoms with E-state index < -0.39 is 0 Å². The van der Waals surface area contributed by atoms with Crippen molar-refractivity contribution in [2.75, 3.05) is 0 Å². The second-order valence-corrected chi connectivity index (χ2v) is 6.03. The fourth-order valence-electron chi connectivity index (χ4n) is 3.08. The van der Waals surface area contributed by atoms with E-state index in [-0.39, 0.29) is 6.10 Å². The number of aliphatic hydroxyl groups is 1. The number of hydrogen-bond acceptors (Lipinski definition) is 4. The fourth-order valence-corrected chi connectivity index (χ4v) is 3.08. The first-order valence-electron chi connectivity index (χ1n) is 7.37. The summed E-state index contributed by atoms with van der Waals surface area (Å²) < 4.78 is 5.30. The molecule has 2 aliphatic rings. The minimum absolute atomic E-state index is 0.316. The first kappa shape index (κ1) is 12.1. The van der Waals surface area contributed by atoms with Crippen molar-refractivity contribution in [3.05, 3.63) is 47.1 Å². The summed E-state index contributed by atoms with van der Waals surface area (Å²) in [6.45, 7) is 0. The fraction of sp³-hybridized carbons (Fsp3) is 0.500. The van der Waals surface area contributed by atoms with Crippen molar-refractivity contribution < 1.29 is 9.63 Å². The third-order valence-corrected chi connectivity index (χ3v) is 4.45. The highest BCUT2D eigenvalue weighted by molar-refractivity contribution is 5.34. The van der Waals surface area contributed by atoms with Gasteiger partial charge >= 0.3 is 0 Å². The van der Waals surface area contributed by atoms with Crippen LogP contribution in [0, 0.1) is 5.92 Å². The molecule has 0 saturated heterocycles. The molecule has 0 aliphatic heterocycles. The zero-order valence-corrected chi connectivity index (χ0v) is 11.3. The van der Waals surface area contributed by atoms with Crippen LogP contribution in [0.25, 0.3) is 0 Å². The lowest BCUT2D eigenvalue weighted by Gasteiger charge is -2.04. The van der Waals surface area contributed by atoms with Crippen molar-refractivity contribution in [2.45, 2.75) is 44.1 Å². The van der Waals surface area contributed by atoms with Gasteiger partial charge in [0.1, 0.15) is 0 Å². The van der Waals surface area contributed by atoms with Gasteiger partial charge in [-0.15, -0.1) is 0 Å². The summed E-state index contributed by atoms with van der Waals surface area (Å²) in [6.07, 6.45) is 4.40. The monoisotopic (exact) mass is 270 g/mol. The van der Waals surface area contributed by atoms with E-state index in [1.807, 2.05) is 0 Å². The highest BCUT2D eigenvalue weighted by Gasteiger charge is 2.32. The predicted molar refractivity (Wildman–Crippen MR) is 73.3 cm³/mol. The molecule has 2 aromatic rings. The maximum Gasteiger partial charge on any atom is 0.229 e. The first-order chi connectivity index (χ1) is 9.79. The van der Waals surface area contributed by atoms with Crippen molar-refractivity contribution in [1.29, 1.82) is 0 Å². The minimum Gasteiger partial charge on any atom is -0.392 e. The van der Waals surface area contributed by atoms with E-state index in [1.54, 1.807) is 0 Å². The molecule has 1 aromatic carbocycles. The molecule has 0 radical (unpaired) electrons. The average Bonchev–Trinajstić information content (AvgIpc) is 3.06. The van der Waals surface area contributed by atoms with Gasteiger partial charge in [-0.2, -0.15) is 4.98 Å². The summed E-state index contributed by atoms with van der Waals surface area (Å²) in [5.41, 5.74) is 2.78. The van der Waals surface area contributed by atoms with Crippen LogP contribution in [0.3, 0.4) is 0 Å².